The SMILES string of the molecule is Cc1nnc(N2CCCc3ccccc32)c(C#N)c1C. The molecule has 2 heterocycles. The number of hydrogen-bond donors (Lipinski definition) is 0. The van der Waals surface area contributed by atoms with Crippen LogP contribution in [-0.4, -0.2) is 16.7 Å². The highest BCUT2D eigenvalue weighted by Crippen LogP contribution is 2.34. The Morgan fingerprint density at radius 3 is 2.80 bits per heavy atom. The van der Waals surface area contributed by atoms with Crippen molar-refractivity contribution in [3.63, 3.8) is 0 Å². The van der Waals surface area contributed by atoms with Crippen molar-refractivity contribution in [2.24, 2.45) is 0 Å². The van der Waals surface area contributed by atoms with E-state index in [4.69, 9.17) is 0 Å². The van der Waals surface area contributed by atoms with E-state index in [0.29, 0.717) is 11.4 Å². The molecule has 100 valence electrons. The first kappa shape index (κ1) is 12.6. The Kier molecular flexibility index (Phi) is 3.11. The molecule has 0 N–H and O–H groups in total. The Morgan fingerprint density at radius 2 is 2.00 bits per heavy atom. The molecule has 2 aromatic rings. The van der Waals surface area contributed by atoms with E-state index >= 15 is 0 Å². The van der Waals surface area contributed by atoms with E-state index in [1.54, 1.807) is 0 Å². The van der Waals surface area contributed by atoms with Crippen LogP contribution in [0.15, 0.2) is 24.3 Å². The van der Waals surface area contributed by atoms with Crippen molar-refractivity contribution < 1.29 is 0 Å². The van der Waals surface area contributed by atoms with Crippen molar-refractivity contribution in [2.75, 3.05) is 11.4 Å². The number of fused-ring (bicyclic) bond motifs is 1. The number of aromatic nitrogens is 2. The molecule has 0 spiro atoms. The molecule has 1 aliphatic rings. The minimum Gasteiger partial charge on any atom is -0.324 e. The van der Waals surface area contributed by atoms with Crippen LogP contribution < -0.4 is 4.90 Å². The fraction of sp³-hybridized carbons (Fsp3) is 0.312. The molecule has 20 heavy (non-hydrogen) atoms. The zero-order valence-corrected chi connectivity index (χ0v) is 11.7. The van der Waals surface area contributed by atoms with Crippen molar-refractivity contribution in [1.82, 2.24) is 10.2 Å². The third kappa shape index (κ3) is 1.92. The largest absolute Gasteiger partial charge is 0.324 e. The monoisotopic (exact) mass is 264 g/mol. The maximum Gasteiger partial charge on any atom is 0.173 e. The molecule has 0 bridgehead atoms. The van der Waals surface area contributed by atoms with Gasteiger partial charge in [0.1, 0.15) is 11.6 Å². The average Bonchev–Trinajstić information content (AvgIpc) is 2.49. The average molecular weight is 264 g/mol. The zero-order valence-electron chi connectivity index (χ0n) is 11.7. The Morgan fingerprint density at radius 1 is 1.20 bits per heavy atom. The lowest BCUT2D eigenvalue weighted by Gasteiger charge is -2.30. The summed E-state index contributed by atoms with van der Waals surface area (Å²) in [5, 5.41) is 17.9. The molecule has 4 nitrogen and oxygen atoms in total. The first-order valence-corrected chi connectivity index (χ1v) is 6.82. The number of hydrogen-bond acceptors (Lipinski definition) is 4. The highest BCUT2D eigenvalue weighted by atomic mass is 15.3. The van der Waals surface area contributed by atoms with E-state index in [9.17, 15) is 5.26 Å². The maximum absolute atomic E-state index is 9.46. The van der Waals surface area contributed by atoms with E-state index in [1.165, 1.54) is 5.56 Å². The summed E-state index contributed by atoms with van der Waals surface area (Å²) in [6.45, 7) is 4.70. The molecule has 0 fully saturated rings. The Labute approximate surface area is 118 Å². The Hall–Kier alpha value is -2.41. The third-order valence-corrected chi connectivity index (χ3v) is 3.91. The van der Waals surface area contributed by atoms with Crippen LogP contribution in [0.1, 0.15) is 28.8 Å². The molecule has 4 heteroatoms. The van der Waals surface area contributed by atoms with Crippen LogP contribution in [0.2, 0.25) is 0 Å². The van der Waals surface area contributed by atoms with Gasteiger partial charge in [0, 0.05) is 12.2 Å². The molecular formula is C16H16N4. The highest BCUT2D eigenvalue weighted by molar-refractivity contribution is 5.70. The van der Waals surface area contributed by atoms with Crippen molar-refractivity contribution in [3.05, 3.63) is 46.6 Å². The van der Waals surface area contributed by atoms with Crippen LogP contribution in [0, 0.1) is 25.2 Å². The second kappa shape index (κ2) is 4.93. The van der Waals surface area contributed by atoms with Crippen LogP contribution in [0.5, 0.6) is 0 Å². The van der Waals surface area contributed by atoms with Gasteiger partial charge in [0.15, 0.2) is 5.82 Å². The second-order valence-corrected chi connectivity index (χ2v) is 5.10. The third-order valence-electron chi connectivity index (χ3n) is 3.91. The van der Waals surface area contributed by atoms with Gasteiger partial charge in [0.25, 0.3) is 0 Å². The lowest BCUT2D eigenvalue weighted by atomic mass is 10.0. The molecule has 1 aromatic heterocycles. The number of benzene rings is 1. The van der Waals surface area contributed by atoms with Crippen LogP contribution in [0.25, 0.3) is 0 Å². The number of anilines is 2. The summed E-state index contributed by atoms with van der Waals surface area (Å²) in [6.07, 6.45) is 2.14. The van der Waals surface area contributed by atoms with Gasteiger partial charge in [0.05, 0.1) is 5.69 Å². The molecule has 0 saturated carbocycles. The van der Waals surface area contributed by atoms with Crippen LogP contribution in [0.4, 0.5) is 11.5 Å². The van der Waals surface area contributed by atoms with Gasteiger partial charge in [-0.2, -0.15) is 10.4 Å². The van der Waals surface area contributed by atoms with Gasteiger partial charge in [0.2, 0.25) is 0 Å². The summed E-state index contributed by atoms with van der Waals surface area (Å²) in [7, 11) is 0. The highest BCUT2D eigenvalue weighted by Gasteiger charge is 2.23. The van der Waals surface area contributed by atoms with E-state index in [0.717, 1.165) is 36.3 Å². The standard InChI is InChI=1S/C16H16N4/c1-11-12(2)18-19-16(14(11)10-17)20-9-5-7-13-6-3-4-8-15(13)20/h3-4,6,8H,5,7,9H2,1-2H3. The summed E-state index contributed by atoms with van der Waals surface area (Å²) in [6, 6.07) is 10.6. The molecule has 0 amide bonds. The zero-order chi connectivity index (χ0) is 14.1. The Balaban J connectivity index is 2.17. The summed E-state index contributed by atoms with van der Waals surface area (Å²) >= 11 is 0. The number of nitriles is 1. The minimum atomic E-state index is 0.634. The van der Waals surface area contributed by atoms with Gasteiger partial charge in [-0.3, -0.25) is 0 Å². The van der Waals surface area contributed by atoms with Crippen LogP contribution >= 0.6 is 0 Å². The van der Waals surface area contributed by atoms with Gasteiger partial charge in [-0.15, -0.1) is 5.10 Å². The quantitative estimate of drug-likeness (QED) is 0.794. The maximum atomic E-state index is 9.46. The lowest BCUT2D eigenvalue weighted by Crippen LogP contribution is -2.26. The summed E-state index contributed by atoms with van der Waals surface area (Å²) < 4.78 is 0. The van der Waals surface area contributed by atoms with E-state index in [1.807, 2.05) is 19.9 Å². The normalized spacial score (nSPS) is 13.8. The van der Waals surface area contributed by atoms with Crippen LogP contribution in [0.3, 0.4) is 0 Å². The van der Waals surface area contributed by atoms with Crippen molar-refractivity contribution in [2.45, 2.75) is 26.7 Å². The van der Waals surface area contributed by atoms with E-state index in [-0.39, 0.29) is 0 Å². The Bertz CT molecular complexity index is 700. The topological polar surface area (TPSA) is 52.8 Å². The fourth-order valence-electron chi connectivity index (χ4n) is 2.67. The van der Waals surface area contributed by atoms with Crippen LogP contribution in [-0.2, 0) is 6.42 Å². The molecule has 1 aromatic carbocycles. The molecule has 0 saturated heterocycles. The van der Waals surface area contributed by atoms with E-state index < -0.39 is 0 Å². The predicted octanol–water partition coefficient (Wildman–Crippen LogP) is 3.05. The first-order chi connectivity index (χ1) is 9.72. The minimum absolute atomic E-state index is 0.634. The summed E-state index contributed by atoms with van der Waals surface area (Å²) in [4.78, 5) is 2.12. The van der Waals surface area contributed by atoms with Gasteiger partial charge >= 0.3 is 0 Å². The van der Waals surface area contributed by atoms with Gasteiger partial charge in [-0.05, 0) is 43.9 Å². The smallest absolute Gasteiger partial charge is 0.173 e. The molecule has 0 unspecified atom stereocenters. The summed E-state index contributed by atoms with van der Waals surface area (Å²) in [5.74, 6) is 0.683. The van der Waals surface area contributed by atoms with Crippen molar-refractivity contribution in [3.8, 4) is 6.07 Å². The predicted molar refractivity (Wildman–Crippen MR) is 78.0 cm³/mol. The molecule has 3 rings (SSSR count). The lowest BCUT2D eigenvalue weighted by molar-refractivity contribution is 0.749. The van der Waals surface area contributed by atoms with Gasteiger partial charge in [-0.25, -0.2) is 0 Å². The number of aryl methyl sites for hydroxylation is 2. The molecule has 0 radical (unpaired) electrons. The second-order valence-electron chi connectivity index (χ2n) is 5.10. The first-order valence-electron chi connectivity index (χ1n) is 6.82. The molecular weight excluding hydrogens is 248 g/mol. The number of nitrogens with zero attached hydrogens (tertiary/aromatic N) is 4. The van der Waals surface area contributed by atoms with Gasteiger partial charge < -0.3 is 4.90 Å². The molecule has 1 aliphatic heterocycles. The van der Waals surface area contributed by atoms with Crippen molar-refractivity contribution >= 4 is 11.5 Å². The molecule has 0 atom stereocenters. The van der Waals surface area contributed by atoms with Gasteiger partial charge in [-0.1, -0.05) is 18.2 Å². The molecule has 0 aliphatic carbocycles. The number of rotatable bonds is 1. The number of para-hydroxylation sites is 1. The van der Waals surface area contributed by atoms with Crippen molar-refractivity contribution in [1.29, 1.82) is 5.26 Å². The summed E-state index contributed by atoms with van der Waals surface area (Å²) in [5.41, 5.74) is 4.82. The fourth-order valence-corrected chi connectivity index (χ4v) is 2.67. The van der Waals surface area contributed by atoms with E-state index in [2.05, 4.69) is 39.4 Å².